The molecule has 44 heavy (non-hydrogen) atoms. The van der Waals surface area contributed by atoms with Gasteiger partial charge in [-0.15, -0.1) is 0 Å². The fourth-order valence-electron chi connectivity index (χ4n) is 6.04. The van der Waals surface area contributed by atoms with Gasteiger partial charge in [-0.1, -0.05) is 37.3 Å². The number of amides is 5. The monoisotopic (exact) mass is 634 g/mol. The summed E-state index contributed by atoms with van der Waals surface area (Å²) in [7, 11) is 0. The number of urea groups is 2. The Morgan fingerprint density at radius 2 is 1.45 bits per heavy atom. The minimum absolute atomic E-state index is 0.0565. The number of rotatable bonds is 5. The van der Waals surface area contributed by atoms with E-state index >= 15 is 0 Å². The molecule has 2 atom stereocenters. The van der Waals surface area contributed by atoms with Crippen molar-refractivity contribution in [1.29, 1.82) is 0 Å². The van der Waals surface area contributed by atoms with Gasteiger partial charge in [-0.3, -0.25) is 10.1 Å². The molecule has 16 heteroatoms. The SMILES string of the molecule is C[C@@]1(c2ccc(C(OCc3c(F)cccc3F)(C(F)(F)F)C(F)(F)F)cc2)CCN(C(=O)N2CCC3(C2)NC(=O)NC3=O)C1. The van der Waals surface area contributed by atoms with Crippen LogP contribution >= 0.6 is 0 Å². The molecule has 2 aromatic carbocycles. The maximum Gasteiger partial charge on any atom is 0.430 e. The second-order valence-corrected chi connectivity index (χ2v) is 11.4. The number of nitrogens with zero attached hydrogens (tertiary/aromatic N) is 2. The average molecular weight is 635 g/mol. The van der Waals surface area contributed by atoms with E-state index in [1.807, 2.05) is 0 Å². The lowest BCUT2D eigenvalue weighted by Crippen LogP contribution is -2.56. The molecule has 3 heterocycles. The Morgan fingerprint density at radius 3 is 2.00 bits per heavy atom. The van der Waals surface area contributed by atoms with Crippen molar-refractivity contribution in [3.8, 4) is 0 Å². The highest BCUT2D eigenvalue weighted by atomic mass is 19.4. The highest BCUT2D eigenvalue weighted by Gasteiger charge is 2.73. The minimum Gasteiger partial charge on any atom is -0.349 e. The van der Waals surface area contributed by atoms with Crippen LogP contribution in [0.2, 0.25) is 0 Å². The number of ether oxygens (including phenoxy) is 1. The van der Waals surface area contributed by atoms with Crippen molar-refractivity contribution in [2.45, 2.75) is 55.3 Å². The second-order valence-electron chi connectivity index (χ2n) is 11.4. The molecule has 238 valence electrons. The summed E-state index contributed by atoms with van der Waals surface area (Å²) in [6.45, 7) is 0.452. The van der Waals surface area contributed by atoms with Gasteiger partial charge in [0.2, 0.25) is 0 Å². The van der Waals surface area contributed by atoms with Gasteiger partial charge in [0.15, 0.2) is 0 Å². The third kappa shape index (κ3) is 5.12. The van der Waals surface area contributed by atoms with Crippen LogP contribution in [-0.4, -0.2) is 71.8 Å². The van der Waals surface area contributed by atoms with Crippen molar-refractivity contribution in [3.63, 3.8) is 0 Å². The minimum atomic E-state index is -6.07. The average Bonchev–Trinajstić information content (AvgIpc) is 3.61. The lowest BCUT2D eigenvalue weighted by atomic mass is 9.80. The van der Waals surface area contributed by atoms with Crippen molar-refractivity contribution < 1.29 is 54.2 Å². The number of carbonyl (C=O) groups is 3. The lowest BCUT2D eigenvalue weighted by Gasteiger charge is -2.38. The fourth-order valence-corrected chi connectivity index (χ4v) is 6.04. The molecule has 3 fully saturated rings. The van der Waals surface area contributed by atoms with Crippen LogP contribution in [0.4, 0.5) is 44.7 Å². The first-order valence-electron chi connectivity index (χ1n) is 13.4. The molecule has 0 aromatic heterocycles. The van der Waals surface area contributed by atoms with Gasteiger partial charge < -0.3 is 19.9 Å². The second kappa shape index (κ2) is 10.6. The van der Waals surface area contributed by atoms with Crippen LogP contribution < -0.4 is 10.6 Å². The number of imide groups is 1. The van der Waals surface area contributed by atoms with Crippen LogP contribution in [0.3, 0.4) is 0 Å². The molecule has 0 radical (unpaired) electrons. The van der Waals surface area contributed by atoms with Crippen molar-refractivity contribution in [3.05, 3.63) is 70.8 Å². The van der Waals surface area contributed by atoms with Crippen LogP contribution in [0.5, 0.6) is 0 Å². The van der Waals surface area contributed by atoms with Crippen molar-refractivity contribution >= 4 is 18.0 Å². The van der Waals surface area contributed by atoms with Gasteiger partial charge in [0.1, 0.15) is 17.2 Å². The number of hydrogen-bond donors (Lipinski definition) is 2. The largest absolute Gasteiger partial charge is 0.430 e. The summed E-state index contributed by atoms with van der Waals surface area (Å²) in [5.41, 5.74) is -9.08. The standard InChI is InChI=1S/C28H26F8N4O4/c1-24(9-11-39(14-24)23(43)40-12-10-25(15-40)21(41)37-22(42)38-25)16-5-7-17(8-6-16)26(27(31,32)33,28(34,35)36)44-13-18-19(29)3-2-4-20(18)30/h2-8H,9-15H2,1H3,(H2,37,38,41,42)/t24-,25?/m1/s1. The van der Waals surface area contributed by atoms with E-state index in [0.717, 1.165) is 18.2 Å². The van der Waals surface area contributed by atoms with Crippen molar-refractivity contribution in [1.82, 2.24) is 20.4 Å². The van der Waals surface area contributed by atoms with E-state index in [2.05, 4.69) is 15.4 Å². The molecule has 1 spiro atoms. The van der Waals surface area contributed by atoms with E-state index in [-0.39, 0.29) is 32.6 Å². The molecular formula is C28H26F8N4O4. The third-order valence-corrected chi connectivity index (χ3v) is 8.58. The fraction of sp³-hybridized carbons (Fsp3) is 0.464. The van der Waals surface area contributed by atoms with E-state index < -0.39 is 76.2 Å². The summed E-state index contributed by atoms with van der Waals surface area (Å²) in [6.07, 6.45) is -11.6. The normalized spacial score (nSPS) is 24.3. The predicted molar refractivity (Wildman–Crippen MR) is 136 cm³/mol. The van der Waals surface area contributed by atoms with E-state index in [1.54, 1.807) is 6.92 Å². The number of halogens is 8. The van der Waals surface area contributed by atoms with Crippen molar-refractivity contribution in [2.75, 3.05) is 26.2 Å². The summed E-state index contributed by atoms with van der Waals surface area (Å²) in [5.74, 6) is -3.28. The zero-order valence-corrected chi connectivity index (χ0v) is 23.0. The first-order chi connectivity index (χ1) is 20.4. The van der Waals surface area contributed by atoms with Gasteiger partial charge in [0, 0.05) is 36.2 Å². The quantitative estimate of drug-likeness (QED) is 0.363. The Hall–Kier alpha value is -3.95. The van der Waals surface area contributed by atoms with Crippen LogP contribution in [0.1, 0.15) is 36.5 Å². The highest BCUT2D eigenvalue weighted by Crippen LogP contribution is 2.53. The van der Waals surface area contributed by atoms with Crippen LogP contribution in [-0.2, 0) is 27.2 Å². The third-order valence-electron chi connectivity index (χ3n) is 8.58. The molecule has 1 unspecified atom stereocenters. The van der Waals surface area contributed by atoms with E-state index in [4.69, 9.17) is 0 Å². The molecule has 3 aliphatic rings. The van der Waals surface area contributed by atoms with E-state index in [1.165, 1.54) is 9.80 Å². The lowest BCUT2D eigenvalue weighted by molar-refractivity contribution is -0.392. The number of likely N-dealkylation sites (tertiary alicyclic amines) is 2. The number of benzene rings is 2. The predicted octanol–water partition coefficient (Wildman–Crippen LogP) is 4.87. The van der Waals surface area contributed by atoms with Gasteiger partial charge in [-0.05, 0) is 30.5 Å². The summed E-state index contributed by atoms with van der Waals surface area (Å²) in [6, 6.07) is 4.54. The summed E-state index contributed by atoms with van der Waals surface area (Å²) >= 11 is 0. The van der Waals surface area contributed by atoms with Crippen molar-refractivity contribution in [2.24, 2.45) is 0 Å². The number of hydrogen-bond acceptors (Lipinski definition) is 4. The van der Waals surface area contributed by atoms with E-state index in [9.17, 15) is 49.5 Å². The molecular weight excluding hydrogens is 608 g/mol. The summed E-state index contributed by atoms with van der Waals surface area (Å²) in [5, 5.41) is 4.68. The van der Waals surface area contributed by atoms with Gasteiger partial charge in [0.05, 0.1) is 13.2 Å². The zero-order valence-electron chi connectivity index (χ0n) is 23.0. The first kappa shape index (κ1) is 31.5. The maximum absolute atomic E-state index is 14.3. The highest BCUT2D eigenvalue weighted by molar-refractivity contribution is 6.07. The smallest absolute Gasteiger partial charge is 0.349 e. The molecule has 5 amide bonds. The molecule has 2 aromatic rings. The van der Waals surface area contributed by atoms with E-state index in [0.29, 0.717) is 36.2 Å². The number of carbonyl (C=O) groups excluding carboxylic acids is 3. The topological polar surface area (TPSA) is 91.0 Å². The molecule has 3 aliphatic heterocycles. The zero-order chi connectivity index (χ0) is 32.3. The van der Waals surface area contributed by atoms with Crippen LogP contribution in [0.25, 0.3) is 0 Å². The Kier molecular flexibility index (Phi) is 7.58. The van der Waals surface area contributed by atoms with Gasteiger partial charge in [-0.2, -0.15) is 26.3 Å². The van der Waals surface area contributed by atoms with Crippen LogP contribution in [0.15, 0.2) is 42.5 Å². The Balaban J connectivity index is 1.36. The number of alkyl halides is 6. The molecule has 0 aliphatic carbocycles. The molecule has 5 rings (SSSR count). The molecule has 2 N–H and O–H groups in total. The summed E-state index contributed by atoms with van der Waals surface area (Å²) in [4.78, 5) is 39.9. The molecule has 0 bridgehead atoms. The first-order valence-corrected chi connectivity index (χ1v) is 13.4. The maximum atomic E-state index is 14.3. The number of nitrogens with one attached hydrogen (secondary N) is 2. The Bertz CT molecular complexity index is 1450. The Morgan fingerprint density at radius 1 is 0.886 bits per heavy atom. The van der Waals surface area contributed by atoms with Gasteiger partial charge in [-0.25, -0.2) is 18.4 Å². The van der Waals surface area contributed by atoms with Gasteiger partial charge in [0.25, 0.3) is 11.5 Å². The summed E-state index contributed by atoms with van der Waals surface area (Å²) < 4.78 is 118. The Labute approximate surface area is 245 Å². The van der Waals surface area contributed by atoms with Crippen LogP contribution in [0, 0.1) is 11.6 Å². The molecule has 8 nitrogen and oxygen atoms in total. The molecule has 3 saturated heterocycles. The molecule has 0 saturated carbocycles. The van der Waals surface area contributed by atoms with Gasteiger partial charge >= 0.3 is 24.4 Å².